The number of carbonyl (C=O) groups excluding carboxylic acids is 1. The van der Waals surface area contributed by atoms with Crippen LogP contribution < -0.4 is 10.1 Å². The number of imidazole rings is 1. The predicted octanol–water partition coefficient (Wildman–Crippen LogP) is 3.56. The fraction of sp³-hybridized carbons (Fsp3) is 0.263. The summed E-state index contributed by atoms with van der Waals surface area (Å²) in [6.07, 6.45) is 0. The molecule has 1 heterocycles. The van der Waals surface area contributed by atoms with Crippen molar-refractivity contribution in [2.24, 2.45) is 0 Å². The molecule has 1 amide bonds. The van der Waals surface area contributed by atoms with Gasteiger partial charge in [0, 0.05) is 18.2 Å². The Balaban J connectivity index is 2.10. The second-order valence-electron chi connectivity index (χ2n) is 6.34. The predicted molar refractivity (Wildman–Crippen MR) is 108 cm³/mol. The number of hydrogen-bond donors (Lipinski definition) is 1. The Morgan fingerprint density at radius 3 is 2.75 bits per heavy atom. The van der Waals surface area contributed by atoms with Gasteiger partial charge < -0.3 is 10.1 Å². The first-order valence-electron chi connectivity index (χ1n) is 8.63. The Morgan fingerprint density at radius 2 is 2.07 bits per heavy atom. The summed E-state index contributed by atoms with van der Waals surface area (Å²) in [7, 11) is 1.58. The molecule has 0 aliphatic rings. The lowest BCUT2D eigenvalue weighted by molar-refractivity contribution is -0.384. The highest BCUT2D eigenvalue weighted by atomic mass is 32.2. The Hall–Kier alpha value is -3.07. The van der Waals surface area contributed by atoms with Crippen molar-refractivity contribution in [3.05, 3.63) is 52.6 Å². The molecular formula is C19H20N4O4S. The van der Waals surface area contributed by atoms with Gasteiger partial charge in [0.05, 0.1) is 34.5 Å². The molecule has 0 bridgehead atoms. The number of aromatic nitrogens is 2. The van der Waals surface area contributed by atoms with Crippen molar-refractivity contribution in [2.75, 3.05) is 12.9 Å². The topological polar surface area (TPSA) is 99.3 Å². The summed E-state index contributed by atoms with van der Waals surface area (Å²) in [5.41, 5.74) is 1.88. The smallest absolute Gasteiger partial charge is 0.271 e. The fourth-order valence-corrected chi connectivity index (χ4v) is 3.63. The van der Waals surface area contributed by atoms with Crippen LogP contribution in [0.4, 0.5) is 5.69 Å². The number of carbonyl (C=O) groups is 1. The largest absolute Gasteiger partial charge is 0.495 e. The summed E-state index contributed by atoms with van der Waals surface area (Å²) in [6, 6.07) is 12.0. The van der Waals surface area contributed by atoms with Gasteiger partial charge in [-0.25, -0.2) is 4.98 Å². The molecule has 28 heavy (non-hydrogen) atoms. The third kappa shape index (κ3) is 4.09. The maximum absolute atomic E-state index is 12.1. The van der Waals surface area contributed by atoms with Crippen molar-refractivity contribution in [2.45, 2.75) is 25.0 Å². The van der Waals surface area contributed by atoms with E-state index in [1.807, 2.05) is 42.7 Å². The molecule has 0 saturated heterocycles. The molecular weight excluding hydrogens is 380 g/mol. The first-order valence-corrected chi connectivity index (χ1v) is 9.61. The number of thioether (sulfide) groups is 1. The number of ether oxygens (including phenoxy) is 1. The van der Waals surface area contributed by atoms with Crippen LogP contribution in [0.3, 0.4) is 0 Å². The number of nitro benzene ring substituents is 1. The average Bonchev–Trinajstić information content (AvgIpc) is 3.03. The Kier molecular flexibility index (Phi) is 5.84. The lowest BCUT2D eigenvalue weighted by atomic mass is 10.2. The first kappa shape index (κ1) is 19.7. The van der Waals surface area contributed by atoms with Crippen molar-refractivity contribution in [1.29, 1.82) is 0 Å². The van der Waals surface area contributed by atoms with E-state index in [9.17, 15) is 14.9 Å². The van der Waals surface area contributed by atoms with Crippen LogP contribution in [0, 0.1) is 10.1 Å². The van der Waals surface area contributed by atoms with Crippen LogP contribution in [0.2, 0.25) is 0 Å². The van der Waals surface area contributed by atoms with Crippen LogP contribution in [-0.4, -0.2) is 39.3 Å². The highest BCUT2D eigenvalue weighted by Gasteiger charge is 2.19. The SMILES string of the molecule is COc1ccccc1-n1c(SCC(=O)NC(C)C)nc2cc([N+](=O)[O-])ccc21. The van der Waals surface area contributed by atoms with Crippen LogP contribution in [-0.2, 0) is 4.79 Å². The quantitative estimate of drug-likeness (QED) is 0.370. The number of rotatable bonds is 7. The Labute approximate surface area is 166 Å². The van der Waals surface area contributed by atoms with E-state index in [0.717, 1.165) is 5.69 Å². The van der Waals surface area contributed by atoms with Crippen LogP contribution in [0.25, 0.3) is 16.7 Å². The van der Waals surface area contributed by atoms with Gasteiger partial charge in [-0.3, -0.25) is 19.5 Å². The van der Waals surface area contributed by atoms with Crippen molar-refractivity contribution >= 4 is 34.4 Å². The summed E-state index contributed by atoms with van der Waals surface area (Å²) in [5, 5.41) is 14.5. The maximum Gasteiger partial charge on any atom is 0.271 e. The molecule has 2 aromatic carbocycles. The number of nitro groups is 1. The summed E-state index contributed by atoms with van der Waals surface area (Å²) >= 11 is 1.27. The van der Waals surface area contributed by atoms with E-state index in [0.29, 0.717) is 21.9 Å². The number of hydrogen-bond acceptors (Lipinski definition) is 6. The second kappa shape index (κ2) is 8.30. The summed E-state index contributed by atoms with van der Waals surface area (Å²) < 4.78 is 7.32. The van der Waals surface area contributed by atoms with E-state index in [2.05, 4.69) is 10.3 Å². The molecule has 1 aromatic heterocycles. The number of non-ortho nitro benzene ring substituents is 1. The number of para-hydroxylation sites is 2. The van der Waals surface area contributed by atoms with Crippen molar-refractivity contribution in [3.8, 4) is 11.4 Å². The van der Waals surface area contributed by atoms with Crippen molar-refractivity contribution < 1.29 is 14.5 Å². The Bertz CT molecular complexity index is 1030. The highest BCUT2D eigenvalue weighted by Crippen LogP contribution is 2.33. The number of methoxy groups -OCH3 is 1. The number of nitrogens with zero attached hydrogens (tertiary/aromatic N) is 3. The third-order valence-electron chi connectivity index (χ3n) is 3.93. The minimum absolute atomic E-state index is 0.0359. The van der Waals surface area contributed by atoms with E-state index in [1.165, 1.54) is 23.9 Å². The van der Waals surface area contributed by atoms with Gasteiger partial charge in [-0.15, -0.1) is 0 Å². The molecule has 9 heteroatoms. The van der Waals surface area contributed by atoms with Gasteiger partial charge >= 0.3 is 0 Å². The third-order valence-corrected chi connectivity index (χ3v) is 4.86. The van der Waals surface area contributed by atoms with Crippen molar-refractivity contribution in [1.82, 2.24) is 14.9 Å². The lowest BCUT2D eigenvalue weighted by Gasteiger charge is -2.13. The zero-order valence-corrected chi connectivity index (χ0v) is 16.5. The molecule has 8 nitrogen and oxygen atoms in total. The maximum atomic E-state index is 12.1. The van der Waals surface area contributed by atoms with Gasteiger partial charge in [-0.05, 0) is 32.0 Å². The van der Waals surface area contributed by atoms with Gasteiger partial charge in [-0.2, -0.15) is 0 Å². The molecule has 3 aromatic rings. The molecule has 146 valence electrons. The lowest BCUT2D eigenvalue weighted by Crippen LogP contribution is -2.31. The van der Waals surface area contributed by atoms with Gasteiger partial charge in [0.25, 0.3) is 5.69 Å². The Morgan fingerprint density at radius 1 is 1.32 bits per heavy atom. The normalized spacial score (nSPS) is 11.0. The minimum Gasteiger partial charge on any atom is -0.495 e. The monoisotopic (exact) mass is 400 g/mol. The first-order chi connectivity index (χ1) is 13.4. The number of amides is 1. The van der Waals surface area contributed by atoms with Crippen LogP contribution >= 0.6 is 11.8 Å². The van der Waals surface area contributed by atoms with Crippen LogP contribution in [0.1, 0.15) is 13.8 Å². The standard InChI is InChI=1S/C19H20N4O4S/c1-12(2)20-18(24)11-28-19-21-14-10-13(23(25)26)8-9-15(14)22(19)16-6-4-5-7-17(16)27-3/h4-10,12H,11H2,1-3H3,(H,20,24). The molecule has 0 atom stereocenters. The second-order valence-corrected chi connectivity index (χ2v) is 7.29. The number of benzene rings is 2. The number of fused-ring (bicyclic) bond motifs is 1. The molecule has 0 radical (unpaired) electrons. The van der Waals surface area contributed by atoms with Crippen molar-refractivity contribution in [3.63, 3.8) is 0 Å². The molecule has 0 fully saturated rings. The van der Waals surface area contributed by atoms with Gasteiger partial charge in [0.1, 0.15) is 5.75 Å². The van der Waals surface area contributed by atoms with Gasteiger partial charge in [-0.1, -0.05) is 23.9 Å². The highest BCUT2D eigenvalue weighted by molar-refractivity contribution is 7.99. The van der Waals surface area contributed by atoms with Gasteiger partial charge in [0.2, 0.25) is 5.91 Å². The number of nitrogens with one attached hydrogen (secondary N) is 1. The van der Waals surface area contributed by atoms with E-state index in [1.54, 1.807) is 13.2 Å². The molecule has 0 aliphatic carbocycles. The van der Waals surface area contributed by atoms with E-state index in [-0.39, 0.29) is 23.4 Å². The molecule has 0 unspecified atom stereocenters. The average molecular weight is 400 g/mol. The molecule has 0 saturated carbocycles. The van der Waals surface area contributed by atoms with Gasteiger partial charge in [0.15, 0.2) is 5.16 Å². The molecule has 3 rings (SSSR count). The van der Waals surface area contributed by atoms with Crippen LogP contribution in [0.5, 0.6) is 5.75 Å². The summed E-state index contributed by atoms with van der Waals surface area (Å²) in [6.45, 7) is 3.79. The minimum atomic E-state index is -0.454. The van der Waals surface area contributed by atoms with E-state index in [4.69, 9.17) is 4.74 Å². The summed E-state index contributed by atoms with van der Waals surface area (Å²) in [5.74, 6) is 0.705. The molecule has 0 aliphatic heterocycles. The molecule has 1 N–H and O–H groups in total. The summed E-state index contributed by atoms with van der Waals surface area (Å²) in [4.78, 5) is 27.3. The molecule has 0 spiro atoms. The van der Waals surface area contributed by atoms with Crippen LogP contribution in [0.15, 0.2) is 47.6 Å². The zero-order chi connectivity index (χ0) is 20.3. The zero-order valence-electron chi connectivity index (χ0n) is 15.7. The van der Waals surface area contributed by atoms with E-state index < -0.39 is 4.92 Å². The fourth-order valence-electron chi connectivity index (χ4n) is 2.80. The van der Waals surface area contributed by atoms with E-state index >= 15 is 0 Å².